The van der Waals surface area contributed by atoms with Crippen LogP contribution < -0.4 is 0 Å². The summed E-state index contributed by atoms with van der Waals surface area (Å²) < 4.78 is 5.60. The van der Waals surface area contributed by atoms with Crippen LogP contribution >= 0.6 is 11.8 Å². The first-order valence-electron chi connectivity index (χ1n) is 10.3. The summed E-state index contributed by atoms with van der Waals surface area (Å²) in [6, 6.07) is 12.6. The highest BCUT2D eigenvalue weighted by Crippen LogP contribution is 2.22. The number of H-pyrrole nitrogens is 1. The van der Waals surface area contributed by atoms with Crippen LogP contribution in [0.4, 0.5) is 0 Å². The van der Waals surface area contributed by atoms with Gasteiger partial charge in [0.15, 0.2) is 0 Å². The van der Waals surface area contributed by atoms with Crippen molar-refractivity contribution < 1.29 is 9.21 Å². The molecule has 1 amide bonds. The van der Waals surface area contributed by atoms with Crippen molar-refractivity contribution in [3.8, 4) is 11.6 Å². The van der Waals surface area contributed by atoms with Gasteiger partial charge in [0, 0.05) is 38.9 Å². The van der Waals surface area contributed by atoms with Crippen LogP contribution in [-0.4, -0.2) is 62.8 Å². The molecule has 0 saturated carbocycles. The maximum absolute atomic E-state index is 12.6. The highest BCUT2D eigenvalue weighted by atomic mass is 32.2. The van der Waals surface area contributed by atoms with Gasteiger partial charge in [0.05, 0.1) is 5.75 Å². The molecule has 7 nitrogen and oxygen atoms in total. The van der Waals surface area contributed by atoms with E-state index in [4.69, 9.17) is 4.42 Å². The number of nitrogens with one attached hydrogen (secondary N) is 1. The number of nitrogens with zero attached hydrogens (tertiary/aromatic N) is 4. The van der Waals surface area contributed by atoms with Crippen molar-refractivity contribution in [2.24, 2.45) is 0 Å². The second-order valence-electron chi connectivity index (χ2n) is 7.80. The molecule has 30 heavy (non-hydrogen) atoms. The Morgan fingerprint density at radius 1 is 1.13 bits per heavy atom. The van der Waals surface area contributed by atoms with E-state index in [9.17, 15) is 4.79 Å². The standard InChI is InChI=1S/C22H27N5O2S/c1-16(2)18-7-5-17(6-8-18)14-26-10-12-27(13-11-26)20(28)15-30-22-25-24-21(29-22)19-4-3-9-23-19/h3-9,16,23H,10-15H2,1-2H3. The fraction of sp³-hybridized carbons (Fsp3) is 0.409. The molecule has 3 aromatic rings. The predicted molar refractivity (Wildman–Crippen MR) is 117 cm³/mol. The van der Waals surface area contributed by atoms with Crippen LogP contribution in [0.1, 0.15) is 30.9 Å². The average Bonchev–Trinajstić information content (AvgIpc) is 3.45. The minimum Gasteiger partial charge on any atom is -0.410 e. The lowest BCUT2D eigenvalue weighted by molar-refractivity contribution is -0.130. The number of thioether (sulfide) groups is 1. The van der Waals surface area contributed by atoms with E-state index in [1.165, 1.54) is 22.9 Å². The SMILES string of the molecule is CC(C)c1ccc(CN2CCN(C(=O)CSc3nnc(-c4ccc[nH]4)o3)CC2)cc1. The van der Waals surface area contributed by atoms with E-state index in [1.807, 2.05) is 17.0 Å². The number of aromatic amines is 1. The van der Waals surface area contributed by atoms with Gasteiger partial charge in [-0.3, -0.25) is 9.69 Å². The highest BCUT2D eigenvalue weighted by Gasteiger charge is 2.22. The second-order valence-corrected chi connectivity index (χ2v) is 8.73. The largest absolute Gasteiger partial charge is 0.410 e. The van der Waals surface area contributed by atoms with Crippen molar-refractivity contribution in [2.45, 2.75) is 31.5 Å². The summed E-state index contributed by atoms with van der Waals surface area (Å²) in [4.78, 5) is 19.9. The Morgan fingerprint density at radius 2 is 1.90 bits per heavy atom. The molecule has 158 valence electrons. The molecule has 2 aromatic heterocycles. The van der Waals surface area contributed by atoms with E-state index < -0.39 is 0 Å². The van der Waals surface area contributed by atoms with Crippen molar-refractivity contribution >= 4 is 17.7 Å². The van der Waals surface area contributed by atoms with Crippen LogP contribution in [-0.2, 0) is 11.3 Å². The molecule has 0 unspecified atom stereocenters. The van der Waals surface area contributed by atoms with Gasteiger partial charge in [-0.15, -0.1) is 10.2 Å². The van der Waals surface area contributed by atoms with Gasteiger partial charge < -0.3 is 14.3 Å². The summed E-state index contributed by atoms with van der Waals surface area (Å²) in [5.74, 6) is 1.41. The van der Waals surface area contributed by atoms with E-state index in [2.05, 4.69) is 58.2 Å². The molecular formula is C22H27N5O2S. The molecule has 0 aliphatic carbocycles. The topological polar surface area (TPSA) is 78.3 Å². The molecule has 0 atom stereocenters. The van der Waals surface area contributed by atoms with Crippen molar-refractivity contribution in [3.63, 3.8) is 0 Å². The third-order valence-electron chi connectivity index (χ3n) is 5.33. The Morgan fingerprint density at radius 3 is 2.57 bits per heavy atom. The molecule has 1 aliphatic rings. The van der Waals surface area contributed by atoms with Crippen LogP contribution in [0.5, 0.6) is 0 Å². The Balaban J connectivity index is 1.21. The molecule has 8 heteroatoms. The molecule has 1 saturated heterocycles. The van der Waals surface area contributed by atoms with Crippen molar-refractivity contribution in [1.29, 1.82) is 0 Å². The smallest absolute Gasteiger partial charge is 0.277 e. The summed E-state index contributed by atoms with van der Waals surface area (Å²) in [6.07, 6.45) is 1.80. The molecule has 3 heterocycles. The van der Waals surface area contributed by atoms with E-state index in [0.717, 1.165) is 38.4 Å². The average molecular weight is 426 g/mol. The van der Waals surface area contributed by atoms with Crippen LogP contribution in [0.2, 0.25) is 0 Å². The molecule has 0 spiro atoms. The van der Waals surface area contributed by atoms with Crippen LogP contribution in [0, 0.1) is 0 Å². The normalized spacial score (nSPS) is 15.1. The van der Waals surface area contributed by atoms with Gasteiger partial charge in [-0.25, -0.2) is 0 Å². The number of carbonyl (C=O) groups is 1. The number of hydrogen-bond donors (Lipinski definition) is 1. The minimum atomic E-state index is 0.112. The molecule has 4 rings (SSSR count). The van der Waals surface area contributed by atoms with Gasteiger partial charge in [-0.2, -0.15) is 0 Å². The number of hydrogen-bond acceptors (Lipinski definition) is 6. The van der Waals surface area contributed by atoms with E-state index in [-0.39, 0.29) is 5.91 Å². The van der Waals surface area contributed by atoms with Gasteiger partial charge in [0.2, 0.25) is 5.91 Å². The number of carbonyl (C=O) groups excluding carboxylic acids is 1. The zero-order valence-corrected chi connectivity index (χ0v) is 18.2. The summed E-state index contributed by atoms with van der Waals surface area (Å²) in [6.45, 7) is 8.63. The Hall–Kier alpha value is -2.58. The first kappa shape index (κ1) is 20.7. The minimum absolute atomic E-state index is 0.112. The zero-order chi connectivity index (χ0) is 20.9. The number of benzene rings is 1. The Bertz CT molecular complexity index is 944. The summed E-state index contributed by atoms with van der Waals surface area (Å²) in [5, 5.41) is 8.44. The second kappa shape index (κ2) is 9.49. The number of rotatable bonds is 7. The third kappa shape index (κ3) is 5.12. The van der Waals surface area contributed by atoms with Gasteiger partial charge in [0.1, 0.15) is 5.69 Å². The van der Waals surface area contributed by atoms with E-state index in [0.29, 0.717) is 22.8 Å². The highest BCUT2D eigenvalue weighted by molar-refractivity contribution is 7.99. The van der Waals surface area contributed by atoms with Crippen molar-refractivity contribution in [1.82, 2.24) is 25.0 Å². The predicted octanol–water partition coefficient (Wildman–Crippen LogP) is 3.62. The molecule has 0 radical (unpaired) electrons. The van der Waals surface area contributed by atoms with Crippen LogP contribution in [0.3, 0.4) is 0 Å². The van der Waals surface area contributed by atoms with Gasteiger partial charge in [0.25, 0.3) is 11.1 Å². The summed E-state index contributed by atoms with van der Waals surface area (Å²) >= 11 is 1.29. The lowest BCUT2D eigenvalue weighted by Gasteiger charge is -2.34. The Labute approximate surface area is 180 Å². The van der Waals surface area contributed by atoms with E-state index >= 15 is 0 Å². The number of piperazine rings is 1. The van der Waals surface area contributed by atoms with Gasteiger partial charge in [-0.1, -0.05) is 49.9 Å². The van der Waals surface area contributed by atoms with E-state index in [1.54, 1.807) is 6.20 Å². The fourth-order valence-corrected chi connectivity index (χ4v) is 4.14. The van der Waals surface area contributed by atoms with Crippen LogP contribution in [0.25, 0.3) is 11.6 Å². The molecule has 1 aliphatic heterocycles. The number of amides is 1. The van der Waals surface area contributed by atoms with Crippen LogP contribution in [0.15, 0.2) is 52.2 Å². The fourth-order valence-electron chi connectivity index (χ4n) is 3.48. The maximum atomic E-state index is 12.6. The molecule has 0 bridgehead atoms. The third-order valence-corrected chi connectivity index (χ3v) is 6.13. The molecular weight excluding hydrogens is 398 g/mol. The number of aromatic nitrogens is 3. The zero-order valence-electron chi connectivity index (χ0n) is 17.4. The monoisotopic (exact) mass is 425 g/mol. The Kier molecular flexibility index (Phi) is 6.54. The maximum Gasteiger partial charge on any atom is 0.277 e. The summed E-state index contributed by atoms with van der Waals surface area (Å²) in [5.41, 5.74) is 3.47. The summed E-state index contributed by atoms with van der Waals surface area (Å²) in [7, 11) is 0. The molecule has 1 N–H and O–H groups in total. The lowest BCUT2D eigenvalue weighted by Crippen LogP contribution is -2.48. The molecule has 1 aromatic carbocycles. The first-order valence-corrected chi connectivity index (χ1v) is 11.3. The first-order chi connectivity index (χ1) is 14.6. The van der Waals surface area contributed by atoms with Crippen molar-refractivity contribution in [3.05, 3.63) is 53.7 Å². The molecule has 1 fully saturated rings. The van der Waals surface area contributed by atoms with Gasteiger partial charge in [-0.05, 0) is 29.2 Å². The quantitative estimate of drug-likeness (QED) is 0.583. The van der Waals surface area contributed by atoms with Gasteiger partial charge >= 0.3 is 0 Å². The van der Waals surface area contributed by atoms with Crippen molar-refractivity contribution in [2.75, 3.05) is 31.9 Å². The lowest BCUT2D eigenvalue weighted by atomic mass is 10.0.